The van der Waals surface area contributed by atoms with Crippen molar-refractivity contribution in [2.75, 3.05) is 18.8 Å². The normalized spacial score (nSPS) is 14.6. The number of aryl methyl sites for hydroxylation is 1. The highest BCUT2D eigenvalue weighted by atomic mass is 35.5. The monoisotopic (exact) mass is 423 g/mol. The molecule has 0 spiro atoms. The molecule has 28 heavy (non-hydrogen) atoms. The van der Waals surface area contributed by atoms with Gasteiger partial charge in [0.25, 0.3) is 5.91 Å². The average molecular weight is 424 g/mol. The van der Waals surface area contributed by atoms with Gasteiger partial charge < -0.3 is 11.1 Å². The Hall–Kier alpha value is -1.75. The molecule has 154 valence electrons. The number of hydrogen-bond acceptors (Lipinski definition) is 3. The first kappa shape index (κ1) is 24.3. The summed E-state index contributed by atoms with van der Waals surface area (Å²) in [6, 6.07) is 14.0. The Labute approximate surface area is 180 Å². The number of carbonyl (C=O) groups excluding carboxylic acids is 1. The summed E-state index contributed by atoms with van der Waals surface area (Å²) >= 11 is 0. The number of anilines is 1. The number of amides is 1. The second kappa shape index (κ2) is 11.3. The minimum atomic E-state index is -0.0821. The molecular formula is C22H31Cl2N3O. The summed E-state index contributed by atoms with van der Waals surface area (Å²) in [6.07, 6.45) is 2.60. The first-order chi connectivity index (χ1) is 12.5. The lowest BCUT2D eigenvalue weighted by Crippen LogP contribution is -2.32. The topological polar surface area (TPSA) is 58.4 Å². The van der Waals surface area contributed by atoms with Gasteiger partial charge in [-0.05, 0) is 67.6 Å². The third kappa shape index (κ3) is 6.69. The van der Waals surface area contributed by atoms with Crippen molar-refractivity contribution in [2.45, 2.75) is 39.8 Å². The number of piperidine rings is 1. The lowest BCUT2D eigenvalue weighted by atomic mass is 9.99. The van der Waals surface area contributed by atoms with Crippen molar-refractivity contribution >= 4 is 36.4 Å². The van der Waals surface area contributed by atoms with Gasteiger partial charge in [-0.2, -0.15) is 0 Å². The van der Waals surface area contributed by atoms with Gasteiger partial charge in [-0.15, -0.1) is 24.8 Å². The number of likely N-dealkylation sites (tertiary alicyclic amines) is 1. The molecule has 6 heteroatoms. The molecule has 2 aromatic rings. The molecule has 0 aromatic heterocycles. The zero-order valence-electron chi connectivity index (χ0n) is 16.6. The molecular weight excluding hydrogens is 393 g/mol. The number of rotatable bonds is 5. The molecule has 0 bridgehead atoms. The fourth-order valence-corrected chi connectivity index (χ4v) is 3.40. The maximum absolute atomic E-state index is 12.4. The number of nitrogens with two attached hydrogens (primary N) is 1. The molecule has 0 unspecified atom stereocenters. The third-order valence-electron chi connectivity index (χ3n) is 5.26. The van der Waals surface area contributed by atoms with Crippen LogP contribution in [0.1, 0.15) is 46.8 Å². The Morgan fingerprint density at radius 1 is 1.07 bits per heavy atom. The zero-order valence-corrected chi connectivity index (χ0v) is 18.2. The van der Waals surface area contributed by atoms with E-state index in [9.17, 15) is 4.79 Å². The molecule has 0 radical (unpaired) electrons. The number of benzene rings is 2. The lowest BCUT2D eigenvalue weighted by molar-refractivity contribution is 0.0950. The highest BCUT2D eigenvalue weighted by Gasteiger charge is 2.15. The van der Waals surface area contributed by atoms with E-state index >= 15 is 0 Å². The highest BCUT2D eigenvalue weighted by molar-refractivity contribution is 5.96. The second-order valence-corrected chi connectivity index (χ2v) is 7.53. The highest BCUT2D eigenvalue weighted by Crippen LogP contribution is 2.18. The van der Waals surface area contributed by atoms with Gasteiger partial charge in [0.15, 0.2) is 0 Å². The SMILES string of the molecule is Cc1ccc(N)cc1C(=O)NCc1ccc(CN2CCC(C)CC2)cc1.Cl.Cl. The maximum atomic E-state index is 12.4. The Morgan fingerprint density at radius 3 is 2.32 bits per heavy atom. The summed E-state index contributed by atoms with van der Waals surface area (Å²) in [4.78, 5) is 14.9. The first-order valence-electron chi connectivity index (χ1n) is 9.46. The number of hydrogen-bond donors (Lipinski definition) is 2. The van der Waals surface area contributed by atoms with Gasteiger partial charge in [-0.3, -0.25) is 9.69 Å². The van der Waals surface area contributed by atoms with Crippen LogP contribution < -0.4 is 11.1 Å². The standard InChI is InChI=1S/C22H29N3O.2ClH/c1-16-9-11-25(12-10-16)15-19-6-4-18(5-7-19)14-24-22(26)21-13-20(23)8-3-17(21)2;;/h3-8,13,16H,9-12,14-15,23H2,1-2H3,(H,24,26);2*1H. The molecule has 1 aliphatic heterocycles. The van der Waals surface area contributed by atoms with Crippen LogP contribution in [0, 0.1) is 12.8 Å². The quantitative estimate of drug-likeness (QED) is 0.691. The fraction of sp³-hybridized carbons (Fsp3) is 0.409. The van der Waals surface area contributed by atoms with Crippen molar-refractivity contribution in [3.05, 3.63) is 64.7 Å². The van der Waals surface area contributed by atoms with E-state index in [4.69, 9.17) is 5.73 Å². The van der Waals surface area contributed by atoms with E-state index in [0.717, 1.165) is 23.6 Å². The van der Waals surface area contributed by atoms with Gasteiger partial charge in [-0.1, -0.05) is 37.3 Å². The van der Waals surface area contributed by atoms with Crippen LogP contribution in [0.25, 0.3) is 0 Å². The molecule has 0 aliphatic carbocycles. The molecule has 1 saturated heterocycles. The first-order valence-corrected chi connectivity index (χ1v) is 9.46. The van der Waals surface area contributed by atoms with Crippen molar-refractivity contribution in [1.29, 1.82) is 0 Å². The predicted octanol–water partition coefficient (Wildman–Crippen LogP) is 4.58. The van der Waals surface area contributed by atoms with Crippen molar-refractivity contribution in [3.63, 3.8) is 0 Å². The summed E-state index contributed by atoms with van der Waals surface area (Å²) in [5.41, 5.74) is 10.4. The lowest BCUT2D eigenvalue weighted by Gasteiger charge is -2.30. The van der Waals surface area contributed by atoms with E-state index < -0.39 is 0 Å². The summed E-state index contributed by atoms with van der Waals surface area (Å²) in [6.45, 7) is 8.18. The summed E-state index contributed by atoms with van der Waals surface area (Å²) in [5, 5.41) is 2.98. The van der Waals surface area contributed by atoms with Gasteiger partial charge in [-0.25, -0.2) is 0 Å². The fourth-order valence-electron chi connectivity index (χ4n) is 3.40. The van der Waals surface area contributed by atoms with Gasteiger partial charge in [0, 0.05) is 24.3 Å². The van der Waals surface area contributed by atoms with Gasteiger partial charge in [0.05, 0.1) is 0 Å². The average Bonchev–Trinajstić information content (AvgIpc) is 2.65. The Balaban J connectivity index is 0.00000196. The van der Waals surface area contributed by atoms with Crippen molar-refractivity contribution in [2.24, 2.45) is 5.92 Å². The van der Waals surface area contributed by atoms with Crippen LogP contribution in [0.4, 0.5) is 5.69 Å². The van der Waals surface area contributed by atoms with E-state index in [2.05, 4.69) is 41.4 Å². The van der Waals surface area contributed by atoms with Crippen LogP contribution in [0.5, 0.6) is 0 Å². The molecule has 2 aromatic carbocycles. The van der Waals surface area contributed by atoms with E-state index in [1.165, 1.54) is 31.5 Å². The van der Waals surface area contributed by atoms with E-state index in [0.29, 0.717) is 17.8 Å². The minimum absolute atomic E-state index is 0. The number of halogens is 2. The van der Waals surface area contributed by atoms with Gasteiger partial charge in [0.1, 0.15) is 0 Å². The second-order valence-electron chi connectivity index (χ2n) is 7.53. The van der Waals surface area contributed by atoms with E-state index in [-0.39, 0.29) is 30.7 Å². The zero-order chi connectivity index (χ0) is 18.5. The Kier molecular flexibility index (Phi) is 9.80. The number of nitrogen functional groups attached to an aromatic ring is 1. The molecule has 3 N–H and O–H groups in total. The maximum Gasteiger partial charge on any atom is 0.251 e. The molecule has 3 rings (SSSR count). The van der Waals surface area contributed by atoms with Crippen LogP contribution in [-0.2, 0) is 13.1 Å². The summed E-state index contributed by atoms with van der Waals surface area (Å²) < 4.78 is 0. The van der Waals surface area contributed by atoms with Gasteiger partial charge >= 0.3 is 0 Å². The van der Waals surface area contributed by atoms with Gasteiger partial charge in [0.2, 0.25) is 0 Å². The molecule has 0 saturated carbocycles. The number of nitrogens with one attached hydrogen (secondary N) is 1. The Bertz CT molecular complexity index is 757. The van der Waals surface area contributed by atoms with E-state index in [1.54, 1.807) is 6.07 Å². The third-order valence-corrected chi connectivity index (χ3v) is 5.26. The molecule has 4 nitrogen and oxygen atoms in total. The molecule has 1 aliphatic rings. The van der Waals surface area contributed by atoms with Crippen LogP contribution in [0.2, 0.25) is 0 Å². The molecule has 1 fully saturated rings. The summed E-state index contributed by atoms with van der Waals surface area (Å²) in [5.74, 6) is 0.780. The van der Waals surface area contributed by atoms with Crippen LogP contribution in [-0.4, -0.2) is 23.9 Å². The van der Waals surface area contributed by atoms with Crippen LogP contribution >= 0.6 is 24.8 Å². The number of carbonyl (C=O) groups is 1. The summed E-state index contributed by atoms with van der Waals surface area (Å²) in [7, 11) is 0. The molecule has 0 atom stereocenters. The largest absolute Gasteiger partial charge is 0.399 e. The van der Waals surface area contributed by atoms with Crippen molar-refractivity contribution < 1.29 is 4.79 Å². The van der Waals surface area contributed by atoms with Crippen molar-refractivity contribution in [3.8, 4) is 0 Å². The molecule has 1 heterocycles. The van der Waals surface area contributed by atoms with E-state index in [1.807, 2.05) is 19.1 Å². The van der Waals surface area contributed by atoms with Crippen LogP contribution in [0.3, 0.4) is 0 Å². The van der Waals surface area contributed by atoms with Crippen molar-refractivity contribution in [1.82, 2.24) is 10.2 Å². The minimum Gasteiger partial charge on any atom is -0.399 e. The predicted molar refractivity (Wildman–Crippen MR) is 121 cm³/mol. The Morgan fingerprint density at radius 2 is 1.68 bits per heavy atom. The number of nitrogens with zero attached hydrogens (tertiary/aromatic N) is 1. The van der Waals surface area contributed by atoms with Crippen LogP contribution in [0.15, 0.2) is 42.5 Å². The molecule has 1 amide bonds. The smallest absolute Gasteiger partial charge is 0.251 e.